The lowest BCUT2D eigenvalue weighted by Gasteiger charge is -2.08. The first kappa shape index (κ1) is 12.0. The Morgan fingerprint density at radius 2 is 1.87 bits per heavy atom. The van der Waals surface area contributed by atoms with Crippen LogP contribution in [0.2, 0.25) is 0 Å². The second kappa shape index (κ2) is 6.43. The lowest BCUT2D eigenvalue weighted by Crippen LogP contribution is -2.01. The Hall–Kier alpha value is -1.06. The van der Waals surface area contributed by atoms with Crippen molar-refractivity contribution in [1.82, 2.24) is 0 Å². The maximum Gasteiger partial charge on any atom is 0.119 e. The fourth-order valence-corrected chi connectivity index (χ4v) is 1.55. The van der Waals surface area contributed by atoms with Crippen LogP contribution in [0.1, 0.15) is 17.5 Å². The van der Waals surface area contributed by atoms with Crippen LogP contribution in [-0.4, -0.2) is 20.8 Å². The molecule has 0 radical (unpaired) electrons. The highest BCUT2D eigenvalue weighted by Gasteiger charge is 2.01. The number of ether oxygens (including phenoxy) is 2. The summed E-state index contributed by atoms with van der Waals surface area (Å²) in [7, 11) is 3.37. The minimum atomic E-state index is 0.618. The molecule has 0 amide bonds. The van der Waals surface area contributed by atoms with Crippen LogP contribution in [0.4, 0.5) is 0 Å². The molecule has 1 aromatic rings. The fraction of sp³-hybridized carbons (Fsp3) is 0.500. The van der Waals surface area contributed by atoms with Gasteiger partial charge in [-0.05, 0) is 42.6 Å². The lowest BCUT2D eigenvalue weighted by molar-refractivity contribution is 0.184. The molecule has 0 fully saturated rings. The monoisotopic (exact) mass is 209 g/mol. The highest BCUT2D eigenvalue weighted by Crippen LogP contribution is 2.18. The van der Waals surface area contributed by atoms with E-state index in [0.29, 0.717) is 6.61 Å². The molecule has 0 aliphatic carbocycles. The van der Waals surface area contributed by atoms with Gasteiger partial charge in [0, 0.05) is 7.11 Å². The van der Waals surface area contributed by atoms with Crippen molar-refractivity contribution in [3.8, 4) is 5.75 Å². The van der Waals surface area contributed by atoms with Gasteiger partial charge in [-0.15, -0.1) is 0 Å². The van der Waals surface area contributed by atoms with Crippen LogP contribution in [0.25, 0.3) is 0 Å². The van der Waals surface area contributed by atoms with Crippen molar-refractivity contribution in [1.29, 1.82) is 0 Å². The second-order valence-corrected chi connectivity index (χ2v) is 3.51. The molecular formula is C12H19NO2. The summed E-state index contributed by atoms with van der Waals surface area (Å²) in [6.45, 7) is 1.34. The number of hydrogen-bond acceptors (Lipinski definition) is 3. The molecule has 2 N–H and O–H groups in total. The number of nitrogens with two attached hydrogens (primary N) is 1. The molecule has 0 unspecified atom stereocenters. The van der Waals surface area contributed by atoms with E-state index < -0.39 is 0 Å². The highest BCUT2D eigenvalue weighted by atomic mass is 16.5. The van der Waals surface area contributed by atoms with Gasteiger partial charge in [-0.2, -0.15) is 0 Å². The zero-order valence-corrected chi connectivity index (χ0v) is 9.45. The number of rotatable bonds is 6. The van der Waals surface area contributed by atoms with Crippen LogP contribution >= 0.6 is 0 Å². The Labute approximate surface area is 91.2 Å². The largest absolute Gasteiger partial charge is 0.497 e. The smallest absolute Gasteiger partial charge is 0.119 e. The Balaban J connectivity index is 2.79. The summed E-state index contributed by atoms with van der Waals surface area (Å²) in [5.41, 5.74) is 7.89. The quantitative estimate of drug-likeness (QED) is 0.776. The summed E-state index contributed by atoms with van der Waals surface area (Å²) >= 11 is 0. The van der Waals surface area contributed by atoms with E-state index in [-0.39, 0.29) is 0 Å². The van der Waals surface area contributed by atoms with Gasteiger partial charge in [0.1, 0.15) is 5.75 Å². The highest BCUT2D eigenvalue weighted by molar-refractivity contribution is 5.34. The van der Waals surface area contributed by atoms with Gasteiger partial charge in [-0.1, -0.05) is 6.07 Å². The minimum absolute atomic E-state index is 0.618. The summed E-state index contributed by atoms with van der Waals surface area (Å²) < 4.78 is 10.3. The predicted octanol–water partition coefficient (Wildman–Crippen LogP) is 1.73. The van der Waals surface area contributed by atoms with E-state index in [0.717, 1.165) is 30.7 Å². The molecule has 1 aromatic carbocycles. The lowest BCUT2D eigenvalue weighted by atomic mass is 10.1. The van der Waals surface area contributed by atoms with Crippen molar-refractivity contribution in [2.24, 2.45) is 5.73 Å². The van der Waals surface area contributed by atoms with Gasteiger partial charge in [0.25, 0.3) is 0 Å². The Kier molecular flexibility index (Phi) is 5.15. The molecule has 3 nitrogen and oxygen atoms in total. The van der Waals surface area contributed by atoms with Gasteiger partial charge in [-0.3, -0.25) is 0 Å². The van der Waals surface area contributed by atoms with E-state index >= 15 is 0 Å². The predicted molar refractivity (Wildman–Crippen MR) is 61.1 cm³/mol. The first-order chi connectivity index (χ1) is 7.30. The molecule has 0 bridgehead atoms. The van der Waals surface area contributed by atoms with Gasteiger partial charge in [0.15, 0.2) is 0 Å². The van der Waals surface area contributed by atoms with Gasteiger partial charge >= 0.3 is 0 Å². The molecule has 1 rings (SSSR count). The maximum atomic E-state index is 5.49. The molecule has 0 aliphatic heterocycles. The molecule has 0 saturated carbocycles. The SMILES string of the molecule is COCc1cc(CCCN)cc(OC)c1. The van der Waals surface area contributed by atoms with Crippen molar-refractivity contribution >= 4 is 0 Å². The second-order valence-electron chi connectivity index (χ2n) is 3.51. The Bertz CT molecular complexity index is 300. The summed E-state index contributed by atoms with van der Waals surface area (Å²) in [5.74, 6) is 0.886. The zero-order valence-electron chi connectivity index (χ0n) is 9.45. The van der Waals surface area contributed by atoms with Crippen molar-refractivity contribution < 1.29 is 9.47 Å². The van der Waals surface area contributed by atoms with E-state index in [9.17, 15) is 0 Å². The molecule has 84 valence electrons. The van der Waals surface area contributed by atoms with Crippen LogP contribution in [-0.2, 0) is 17.8 Å². The first-order valence-electron chi connectivity index (χ1n) is 5.16. The van der Waals surface area contributed by atoms with Crippen LogP contribution < -0.4 is 10.5 Å². The van der Waals surface area contributed by atoms with Gasteiger partial charge in [-0.25, -0.2) is 0 Å². The summed E-state index contributed by atoms with van der Waals surface area (Å²) in [6, 6.07) is 6.19. The number of hydrogen-bond donors (Lipinski definition) is 1. The molecule has 3 heteroatoms. The minimum Gasteiger partial charge on any atom is -0.497 e. The van der Waals surface area contributed by atoms with Crippen molar-refractivity contribution in [3.63, 3.8) is 0 Å². The normalized spacial score (nSPS) is 10.3. The molecule has 0 heterocycles. The third-order valence-corrected chi connectivity index (χ3v) is 2.24. The van der Waals surface area contributed by atoms with Crippen LogP contribution in [0.5, 0.6) is 5.75 Å². The van der Waals surface area contributed by atoms with Gasteiger partial charge in [0.2, 0.25) is 0 Å². The third kappa shape index (κ3) is 3.90. The van der Waals surface area contributed by atoms with Crippen molar-refractivity contribution in [2.45, 2.75) is 19.4 Å². The average molecular weight is 209 g/mol. The maximum absolute atomic E-state index is 5.49. The Morgan fingerprint density at radius 1 is 1.13 bits per heavy atom. The van der Waals surface area contributed by atoms with Gasteiger partial charge < -0.3 is 15.2 Å². The average Bonchev–Trinajstić information content (AvgIpc) is 2.26. The van der Waals surface area contributed by atoms with Crippen molar-refractivity contribution in [2.75, 3.05) is 20.8 Å². The summed E-state index contributed by atoms with van der Waals surface area (Å²) in [4.78, 5) is 0. The van der Waals surface area contributed by atoms with E-state index in [1.165, 1.54) is 5.56 Å². The molecule has 0 saturated heterocycles. The Morgan fingerprint density at radius 3 is 2.47 bits per heavy atom. The zero-order chi connectivity index (χ0) is 11.1. The molecule has 0 spiro atoms. The van der Waals surface area contributed by atoms with Gasteiger partial charge in [0.05, 0.1) is 13.7 Å². The van der Waals surface area contributed by atoms with E-state index in [1.807, 2.05) is 6.07 Å². The van der Waals surface area contributed by atoms with E-state index in [4.69, 9.17) is 15.2 Å². The molecule has 0 aromatic heterocycles. The first-order valence-corrected chi connectivity index (χ1v) is 5.16. The standard InChI is InChI=1S/C12H19NO2/c1-14-9-11-6-10(4-3-5-13)7-12(8-11)15-2/h6-8H,3-5,9,13H2,1-2H3. The number of methoxy groups -OCH3 is 2. The van der Waals surface area contributed by atoms with E-state index in [1.54, 1.807) is 14.2 Å². The molecule has 0 atom stereocenters. The number of aryl methyl sites for hydroxylation is 1. The van der Waals surface area contributed by atoms with Crippen LogP contribution in [0.15, 0.2) is 18.2 Å². The van der Waals surface area contributed by atoms with Crippen LogP contribution in [0.3, 0.4) is 0 Å². The molecule has 0 aliphatic rings. The summed E-state index contributed by atoms with van der Waals surface area (Å²) in [5, 5.41) is 0. The summed E-state index contributed by atoms with van der Waals surface area (Å²) in [6.07, 6.45) is 1.99. The third-order valence-electron chi connectivity index (χ3n) is 2.24. The van der Waals surface area contributed by atoms with E-state index in [2.05, 4.69) is 12.1 Å². The number of benzene rings is 1. The molecule has 15 heavy (non-hydrogen) atoms. The fourth-order valence-electron chi connectivity index (χ4n) is 1.55. The molecular weight excluding hydrogens is 190 g/mol. The van der Waals surface area contributed by atoms with Crippen LogP contribution in [0, 0.1) is 0 Å². The van der Waals surface area contributed by atoms with Crippen molar-refractivity contribution in [3.05, 3.63) is 29.3 Å². The topological polar surface area (TPSA) is 44.5 Å².